The summed E-state index contributed by atoms with van der Waals surface area (Å²) < 4.78 is 4.85. The van der Waals surface area contributed by atoms with Crippen LogP contribution in [0.15, 0.2) is 30.3 Å². The number of ether oxygens (including phenoxy) is 1. The number of hydrogen-bond acceptors (Lipinski definition) is 4. The van der Waals surface area contributed by atoms with Gasteiger partial charge in [0.05, 0.1) is 12.7 Å². The molecule has 0 saturated heterocycles. The smallest absolute Gasteiger partial charge is 0.302 e. The fraction of sp³-hybridized carbons (Fsp3) is 0.533. The van der Waals surface area contributed by atoms with Gasteiger partial charge in [0, 0.05) is 13.0 Å². The average molecular weight is 265 g/mol. The van der Waals surface area contributed by atoms with Crippen molar-refractivity contribution < 1.29 is 14.6 Å². The van der Waals surface area contributed by atoms with Crippen LogP contribution in [0.3, 0.4) is 0 Å². The van der Waals surface area contributed by atoms with Gasteiger partial charge in [-0.25, -0.2) is 0 Å². The van der Waals surface area contributed by atoms with Gasteiger partial charge in [0.25, 0.3) is 0 Å². The lowest BCUT2D eigenvalue weighted by molar-refractivity contribution is -0.141. The van der Waals surface area contributed by atoms with Crippen molar-refractivity contribution in [3.8, 4) is 0 Å². The summed E-state index contributed by atoms with van der Waals surface area (Å²) in [6.07, 6.45) is 1.63. The average Bonchev–Trinajstić information content (AvgIpc) is 2.41. The minimum absolute atomic E-state index is 0.0136. The SMILES string of the molecule is CN[C@H](Cc1ccccc1)C(O)CCCOC(C)=O. The fourth-order valence-electron chi connectivity index (χ4n) is 2.01. The largest absolute Gasteiger partial charge is 0.466 e. The van der Waals surface area contributed by atoms with Crippen molar-refractivity contribution in [3.63, 3.8) is 0 Å². The van der Waals surface area contributed by atoms with E-state index < -0.39 is 6.10 Å². The first kappa shape index (κ1) is 15.7. The predicted molar refractivity (Wildman–Crippen MR) is 74.9 cm³/mol. The van der Waals surface area contributed by atoms with Crippen molar-refractivity contribution in [1.29, 1.82) is 0 Å². The van der Waals surface area contributed by atoms with Crippen LogP contribution in [0.2, 0.25) is 0 Å². The second-order valence-electron chi connectivity index (χ2n) is 4.63. The lowest BCUT2D eigenvalue weighted by atomic mass is 9.98. The molecule has 0 aromatic heterocycles. The number of esters is 1. The Morgan fingerprint density at radius 3 is 2.63 bits per heavy atom. The lowest BCUT2D eigenvalue weighted by Crippen LogP contribution is -2.39. The van der Waals surface area contributed by atoms with Crippen LogP contribution < -0.4 is 5.32 Å². The Bertz CT molecular complexity index is 367. The Morgan fingerprint density at radius 2 is 2.05 bits per heavy atom. The van der Waals surface area contributed by atoms with Crippen LogP contribution in [0.4, 0.5) is 0 Å². The minimum Gasteiger partial charge on any atom is -0.466 e. The van der Waals surface area contributed by atoms with E-state index >= 15 is 0 Å². The normalized spacial score (nSPS) is 13.8. The number of likely N-dealkylation sites (N-methyl/N-ethyl adjacent to an activating group) is 1. The van der Waals surface area contributed by atoms with E-state index in [-0.39, 0.29) is 12.0 Å². The molecule has 0 heterocycles. The van der Waals surface area contributed by atoms with Gasteiger partial charge in [0.2, 0.25) is 0 Å². The van der Waals surface area contributed by atoms with Crippen LogP contribution >= 0.6 is 0 Å². The maximum Gasteiger partial charge on any atom is 0.302 e. The highest BCUT2D eigenvalue weighted by atomic mass is 16.5. The highest BCUT2D eigenvalue weighted by Crippen LogP contribution is 2.10. The highest BCUT2D eigenvalue weighted by molar-refractivity contribution is 5.65. The summed E-state index contributed by atoms with van der Waals surface area (Å²) in [6, 6.07) is 10.1. The summed E-state index contributed by atoms with van der Waals surface area (Å²) in [5, 5.41) is 13.3. The van der Waals surface area contributed by atoms with Crippen molar-refractivity contribution in [1.82, 2.24) is 5.32 Å². The molecular weight excluding hydrogens is 242 g/mol. The molecule has 4 nitrogen and oxygen atoms in total. The van der Waals surface area contributed by atoms with E-state index in [1.807, 2.05) is 25.2 Å². The first-order valence-electron chi connectivity index (χ1n) is 6.66. The number of aliphatic hydroxyl groups is 1. The Balaban J connectivity index is 2.35. The van der Waals surface area contributed by atoms with E-state index in [2.05, 4.69) is 17.4 Å². The molecule has 19 heavy (non-hydrogen) atoms. The molecule has 0 aliphatic heterocycles. The molecule has 1 unspecified atom stereocenters. The Labute approximate surface area is 114 Å². The molecule has 4 heteroatoms. The summed E-state index contributed by atoms with van der Waals surface area (Å²) in [7, 11) is 1.85. The lowest BCUT2D eigenvalue weighted by Gasteiger charge is -2.22. The van der Waals surface area contributed by atoms with Crippen molar-refractivity contribution in [3.05, 3.63) is 35.9 Å². The van der Waals surface area contributed by atoms with Crippen LogP contribution in [-0.2, 0) is 16.0 Å². The molecule has 1 rings (SSSR count). The van der Waals surface area contributed by atoms with Gasteiger partial charge >= 0.3 is 5.97 Å². The Kier molecular flexibility index (Phi) is 7.15. The van der Waals surface area contributed by atoms with Crippen LogP contribution in [-0.4, -0.2) is 36.9 Å². The zero-order valence-electron chi connectivity index (χ0n) is 11.6. The summed E-state index contributed by atoms with van der Waals surface area (Å²) in [5.74, 6) is -0.274. The molecule has 0 aliphatic rings. The van der Waals surface area contributed by atoms with E-state index in [0.29, 0.717) is 19.4 Å². The first-order valence-corrected chi connectivity index (χ1v) is 6.66. The summed E-state index contributed by atoms with van der Waals surface area (Å²) in [4.78, 5) is 10.6. The van der Waals surface area contributed by atoms with Crippen molar-refractivity contribution >= 4 is 5.97 Å². The molecule has 2 N–H and O–H groups in total. The third kappa shape index (κ3) is 6.36. The third-order valence-corrected chi connectivity index (χ3v) is 3.08. The topological polar surface area (TPSA) is 58.6 Å². The van der Waals surface area contributed by atoms with Gasteiger partial charge in [-0.3, -0.25) is 4.79 Å². The van der Waals surface area contributed by atoms with Crippen molar-refractivity contribution in [2.45, 2.75) is 38.3 Å². The van der Waals surface area contributed by atoms with Gasteiger partial charge in [-0.2, -0.15) is 0 Å². The second-order valence-corrected chi connectivity index (χ2v) is 4.63. The Morgan fingerprint density at radius 1 is 1.37 bits per heavy atom. The number of carbonyl (C=O) groups is 1. The molecule has 1 aromatic carbocycles. The van der Waals surface area contributed by atoms with Gasteiger partial charge in [-0.15, -0.1) is 0 Å². The number of nitrogens with one attached hydrogen (secondary N) is 1. The number of benzene rings is 1. The molecule has 0 fully saturated rings. The molecule has 106 valence electrons. The number of carbonyl (C=O) groups excluding carboxylic acids is 1. The zero-order chi connectivity index (χ0) is 14.1. The number of aliphatic hydroxyl groups excluding tert-OH is 1. The van der Waals surface area contributed by atoms with Gasteiger partial charge in [-0.05, 0) is 31.9 Å². The van der Waals surface area contributed by atoms with E-state index in [4.69, 9.17) is 4.74 Å². The van der Waals surface area contributed by atoms with E-state index in [1.54, 1.807) is 0 Å². The standard InChI is InChI=1S/C15H23NO3/c1-12(17)19-10-6-9-15(18)14(16-2)11-13-7-4-3-5-8-13/h3-5,7-8,14-16,18H,6,9-11H2,1-2H3/t14-,15?/m1/s1. The number of rotatable bonds is 8. The maximum atomic E-state index is 10.6. The highest BCUT2D eigenvalue weighted by Gasteiger charge is 2.17. The zero-order valence-corrected chi connectivity index (χ0v) is 11.6. The van der Waals surface area contributed by atoms with Gasteiger partial charge < -0.3 is 15.2 Å². The summed E-state index contributed by atoms with van der Waals surface area (Å²) in [5.41, 5.74) is 1.20. The van der Waals surface area contributed by atoms with Gasteiger partial charge in [0.1, 0.15) is 0 Å². The molecular formula is C15H23NO3. The molecule has 0 aliphatic carbocycles. The van der Waals surface area contributed by atoms with E-state index in [1.165, 1.54) is 12.5 Å². The molecule has 0 saturated carbocycles. The van der Waals surface area contributed by atoms with E-state index in [0.717, 1.165) is 6.42 Å². The Hall–Kier alpha value is -1.39. The minimum atomic E-state index is -0.444. The monoisotopic (exact) mass is 265 g/mol. The molecule has 0 bridgehead atoms. The molecule has 0 amide bonds. The molecule has 2 atom stereocenters. The molecule has 0 spiro atoms. The third-order valence-electron chi connectivity index (χ3n) is 3.08. The summed E-state index contributed by atoms with van der Waals surface area (Å²) in [6.45, 7) is 1.76. The van der Waals surface area contributed by atoms with Crippen LogP contribution in [0, 0.1) is 0 Å². The quantitative estimate of drug-likeness (QED) is 0.553. The predicted octanol–water partition coefficient (Wildman–Crippen LogP) is 1.52. The summed E-state index contributed by atoms with van der Waals surface area (Å²) >= 11 is 0. The fourth-order valence-corrected chi connectivity index (χ4v) is 2.01. The van der Waals surface area contributed by atoms with Gasteiger partial charge in [0.15, 0.2) is 0 Å². The van der Waals surface area contributed by atoms with Crippen molar-refractivity contribution in [2.75, 3.05) is 13.7 Å². The molecule has 0 radical (unpaired) electrons. The van der Waals surface area contributed by atoms with Gasteiger partial charge in [-0.1, -0.05) is 30.3 Å². The van der Waals surface area contributed by atoms with Crippen LogP contribution in [0.5, 0.6) is 0 Å². The molecule has 1 aromatic rings. The first-order chi connectivity index (χ1) is 9.13. The maximum absolute atomic E-state index is 10.6. The second kappa shape index (κ2) is 8.67. The van der Waals surface area contributed by atoms with Crippen LogP contribution in [0.1, 0.15) is 25.3 Å². The van der Waals surface area contributed by atoms with E-state index in [9.17, 15) is 9.90 Å². The van der Waals surface area contributed by atoms with Crippen molar-refractivity contribution in [2.24, 2.45) is 0 Å². The van der Waals surface area contributed by atoms with Crippen LogP contribution in [0.25, 0.3) is 0 Å². The number of hydrogen-bond donors (Lipinski definition) is 2.